The lowest BCUT2D eigenvalue weighted by Crippen LogP contribution is -2.28. The summed E-state index contributed by atoms with van der Waals surface area (Å²) in [6, 6.07) is 13.2. The zero-order chi connectivity index (χ0) is 14.4. The van der Waals surface area contributed by atoms with Gasteiger partial charge in [-0.1, -0.05) is 36.4 Å². The van der Waals surface area contributed by atoms with E-state index in [0.717, 1.165) is 11.1 Å². The number of benzene rings is 1. The number of nitrogens with zero attached hydrogens (tertiary/aromatic N) is 2. The molecular weight excluding hydrogens is 252 g/mol. The summed E-state index contributed by atoms with van der Waals surface area (Å²) in [7, 11) is 1.92. The van der Waals surface area contributed by atoms with Crippen molar-refractivity contribution in [2.24, 2.45) is 0 Å². The molecule has 1 heterocycles. The van der Waals surface area contributed by atoms with Crippen molar-refractivity contribution in [2.75, 3.05) is 13.6 Å². The summed E-state index contributed by atoms with van der Waals surface area (Å²) in [5.41, 5.74) is 1.91. The van der Waals surface area contributed by atoms with E-state index in [1.807, 2.05) is 54.4 Å². The lowest BCUT2D eigenvalue weighted by Gasteiger charge is -2.21. The summed E-state index contributed by atoms with van der Waals surface area (Å²) >= 11 is 0. The van der Waals surface area contributed by atoms with Crippen LogP contribution in [0, 0.1) is 0 Å². The third kappa shape index (κ3) is 3.90. The minimum absolute atomic E-state index is 0.467. The number of aromatic nitrogens is 1. The smallest absolute Gasteiger partial charge is 0.312 e. The first-order valence-corrected chi connectivity index (χ1v) is 6.52. The van der Waals surface area contributed by atoms with Crippen LogP contribution >= 0.6 is 0 Å². The van der Waals surface area contributed by atoms with Gasteiger partial charge >= 0.3 is 5.97 Å². The van der Waals surface area contributed by atoms with E-state index in [9.17, 15) is 9.90 Å². The third-order valence-corrected chi connectivity index (χ3v) is 3.17. The summed E-state index contributed by atoms with van der Waals surface area (Å²) < 4.78 is 0. The van der Waals surface area contributed by atoms with Crippen LogP contribution in [0.4, 0.5) is 0 Å². The SMILES string of the molecule is CN(Cc1cccnc1)CC(C(=O)O)c1ccccc1. The first-order valence-electron chi connectivity index (χ1n) is 6.52. The molecule has 0 aliphatic rings. The Morgan fingerprint density at radius 3 is 2.60 bits per heavy atom. The number of hydrogen-bond donors (Lipinski definition) is 1. The number of carboxylic acids is 1. The van der Waals surface area contributed by atoms with E-state index < -0.39 is 11.9 Å². The highest BCUT2D eigenvalue weighted by Gasteiger charge is 2.21. The van der Waals surface area contributed by atoms with Crippen LogP contribution in [0.5, 0.6) is 0 Å². The van der Waals surface area contributed by atoms with E-state index in [1.165, 1.54) is 0 Å². The standard InChI is InChI=1S/C16H18N2O2/c1-18(11-13-6-5-9-17-10-13)12-15(16(19)20)14-7-3-2-4-8-14/h2-10,15H,11-12H2,1H3,(H,19,20). The van der Waals surface area contributed by atoms with Crippen molar-refractivity contribution in [1.29, 1.82) is 0 Å². The molecule has 0 aliphatic carbocycles. The second-order valence-electron chi connectivity index (χ2n) is 4.86. The monoisotopic (exact) mass is 270 g/mol. The van der Waals surface area contributed by atoms with Gasteiger partial charge in [-0.3, -0.25) is 9.78 Å². The van der Waals surface area contributed by atoms with Crippen LogP contribution in [0.25, 0.3) is 0 Å². The van der Waals surface area contributed by atoms with Gasteiger partial charge in [0.05, 0.1) is 5.92 Å². The molecule has 20 heavy (non-hydrogen) atoms. The van der Waals surface area contributed by atoms with Gasteiger partial charge in [-0.2, -0.15) is 0 Å². The molecule has 1 unspecified atom stereocenters. The Kier molecular flexibility index (Phi) is 4.85. The van der Waals surface area contributed by atoms with E-state index in [1.54, 1.807) is 12.4 Å². The van der Waals surface area contributed by atoms with Gasteiger partial charge in [0.1, 0.15) is 0 Å². The van der Waals surface area contributed by atoms with E-state index in [0.29, 0.717) is 13.1 Å². The molecule has 0 fully saturated rings. The van der Waals surface area contributed by atoms with Crippen LogP contribution in [-0.2, 0) is 11.3 Å². The molecule has 0 saturated carbocycles. The van der Waals surface area contributed by atoms with Crippen LogP contribution in [0.2, 0.25) is 0 Å². The van der Waals surface area contributed by atoms with Crippen molar-refractivity contribution >= 4 is 5.97 Å². The van der Waals surface area contributed by atoms with Crippen molar-refractivity contribution in [1.82, 2.24) is 9.88 Å². The number of pyridine rings is 1. The van der Waals surface area contributed by atoms with E-state index in [-0.39, 0.29) is 0 Å². The number of carbonyl (C=O) groups is 1. The molecule has 1 aromatic heterocycles. The Morgan fingerprint density at radius 1 is 1.25 bits per heavy atom. The van der Waals surface area contributed by atoms with Crippen molar-refractivity contribution in [3.63, 3.8) is 0 Å². The third-order valence-electron chi connectivity index (χ3n) is 3.17. The van der Waals surface area contributed by atoms with Gasteiger partial charge < -0.3 is 10.0 Å². The predicted molar refractivity (Wildman–Crippen MR) is 77.4 cm³/mol. The number of aliphatic carboxylic acids is 1. The van der Waals surface area contributed by atoms with Crippen LogP contribution in [0.1, 0.15) is 17.0 Å². The minimum Gasteiger partial charge on any atom is -0.481 e. The highest BCUT2D eigenvalue weighted by molar-refractivity contribution is 5.76. The van der Waals surface area contributed by atoms with Crippen molar-refractivity contribution in [3.8, 4) is 0 Å². The van der Waals surface area contributed by atoms with Gasteiger partial charge in [-0.25, -0.2) is 0 Å². The highest BCUT2D eigenvalue weighted by atomic mass is 16.4. The Hall–Kier alpha value is -2.20. The Labute approximate surface area is 118 Å². The molecule has 0 saturated heterocycles. The van der Waals surface area contributed by atoms with Gasteiger partial charge in [0.2, 0.25) is 0 Å². The van der Waals surface area contributed by atoms with Crippen LogP contribution in [0.15, 0.2) is 54.9 Å². The number of rotatable bonds is 6. The molecule has 4 heteroatoms. The first-order chi connectivity index (χ1) is 9.66. The molecule has 0 amide bonds. The number of carboxylic acid groups (broad SMARTS) is 1. The van der Waals surface area contributed by atoms with Crippen molar-refractivity contribution < 1.29 is 9.90 Å². The molecule has 0 spiro atoms. The molecule has 2 rings (SSSR count). The second kappa shape index (κ2) is 6.82. The fourth-order valence-electron chi connectivity index (χ4n) is 2.19. The Morgan fingerprint density at radius 2 is 2.00 bits per heavy atom. The molecular formula is C16H18N2O2. The average Bonchev–Trinajstić information content (AvgIpc) is 2.46. The second-order valence-corrected chi connectivity index (χ2v) is 4.86. The van der Waals surface area contributed by atoms with Crippen LogP contribution in [-0.4, -0.2) is 34.6 Å². The fraction of sp³-hybridized carbons (Fsp3) is 0.250. The Balaban J connectivity index is 2.04. The van der Waals surface area contributed by atoms with Gasteiger partial charge in [0.15, 0.2) is 0 Å². The summed E-state index contributed by atoms with van der Waals surface area (Å²) in [6.07, 6.45) is 3.53. The quantitative estimate of drug-likeness (QED) is 0.875. The van der Waals surface area contributed by atoms with Gasteiger partial charge in [-0.15, -0.1) is 0 Å². The topological polar surface area (TPSA) is 53.4 Å². The van der Waals surface area contributed by atoms with Gasteiger partial charge in [-0.05, 0) is 24.2 Å². The van der Waals surface area contributed by atoms with Gasteiger partial charge in [0.25, 0.3) is 0 Å². The summed E-state index contributed by atoms with van der Waals surface area (Å²) in [5, 5.41) is 9.40. The van der Waals surface area contributed by atoms with Crippen LogP contribution in [0.3, 0.4) is 0 Å². The fourth-order valence-corrected chi connectivity index (χ4v) is 2.19. The molecule has 1 N–H and O–H groups in total. The zero-order valence-electron chi connectivity index (χ0n) is 11.4. The summed E-state index contributed by atoms with van der Waals surface area (Å²) in [6.45, 7) is 1.15. The van der Waals surface area contributed by atoms with Gasteiger partial charge in [0, 0.05) is 25.5 Å². The number of likely N-dealkylation sites (N-methyl/N-ethyl adjacent to an activating group) is 1. The molecule has 104 valence electrons. The van der Waals surface area contributed by atoms with Crippen LogP contribution < -0.4 is 0 Å². The van der Waals surface area contributed by atoms with E-state index in [2.05, 4.69) is 4.98 Å². The lowest BCUT2D eigenvalue weighted by atomic mass is 9.99. The van der Waals surface area contributed by atoms with Crippen molar-refractivity contribution in [3.05, 3.63) is 66.0 Å². The normalized spacial score (nSPS) is 12.3. The molecule has 2 aromatic rings. The number of hydrogen-bond acceptors (Lipinski definition) is 3. The first kappa shape index (κ1) is 14.2. The summed E-state index contributed by atoms with van der Waals surface area (Å²) in [5.74, 6) is -1.31. The molecule has 1 aromatic carbocycles. The minimum atomic E-state index is -0.797. The molecule has 0 radical (unpaired) electrons. The molecule has 4 nitrogen and oxygen atoms in total. The zero-order valence-corrected chi connectivity index (χ0v) is 11.4. The van der Waals surface area contributed by atoms with Crippen molar-refractivity contribution in [2.45, 2.75) is 12.5 Å². The Bertz CT molecular complexity index is 543. The van der Waals surface area contributed by atoms with E-state index >= 15 is 0 Å². The maximum atomic E-state index is 11.4. The largest absolute Gasteiger partial charge is 0.481 e. The maximum absolute atomic E-state index is 11.4. The average molecular weight is 270 g/mol. The lowest BCUT2D eigenvalue weighted by molar-refractivity contribution is -0.139. The molecule has 0 aliphatic heterocycles. The molecule has 0 bridgehead atoms. The van der Waals surface area contributed by atoms with E-state index in [4.69, 9.17) is 0 Å². The highest BCUT2D eigenvalue weighted by Crippen LogP contribution is 2.17. The maximum Gasteiger partial charge on any atom is 0.312 e. The summed E-state index contributed by atoms with van der Waals surface area (Å²) in [4.78, 5) is 17.5. The molecule has 1 atom stereocenters. The predicted octanol–water partition coefficient (Wildman–Crippen LogP) is 2.38.